The Morgan fingerprint density at radius 3 is 2.50 bits per heavy atom. The third-order valence-electron chi connectivity index (χ3n) is 5.97. The third kappa shape index (κ3) is 4.52. The van der Waals surface area contributed by atoms with Crippen molar-refractivity contribution < 1.29 is 13.2 Å². The highest BCUT2D eigenvalue weighted by Gasteiger charge is 2.23. The van der Waals surface area contributed by atoms with Crippen LogP contribution in [-0.2, 0) is 21.4 Å². The summed E-state index contributed by atoms with van der Waals surface area (Å²) in [7, 11) is -3.64. The lowest BCUT2D eigenvalue weighted by Gasteiger charge is -2.34. The Morgan fingerprint density at radius 2 is 1.80 bits per heavy atom. The molecule has 4 rings (SSSR count). The fraction of sp³-hybridized carbons (Fsp3) is 0.435. The smallest absolute Gasteiger partial charge is 0.240 e. The number of carbonyl (C=O) groups is 1. The number of carbonyl (C=O) groups excluding carboxylic acids is 1. The van der Waals surface area contributed by atoms with E-state index in [2.05, 4.69) is 22.6 Å². The number of nitrogens with zero attached hydrogens (tertiary/aromatic N) is 2. The summed E-state index contributed by atoms with van der Waals surface area (Å²) in [6.45, 7) is 5.20. The standard InChI is InChI=1S/C23H29N3O3S/c1-18-6-4-14-25(17-18)22-8-3-2-7-19(22)16-24-30(28,29)21-12-10-20(11-13-21)26-15-5-9-23(26)27/h2-3,7-8,10-13,18,24H,4-6,9,14-17H2,1H3/t18-/m1/s1. The van der Waals surface area contributed by atoms with Crippen molar-refractivity contribution in [1.29, 1.82) is 0 Å². The molecular formula is C23H29N3O3S. The number of benzene rings is 2. The normalized spacial score (nSPS) is 20.0. The number of nitrogens with one attached hydrogen (secondary N) is 1. The van der Waals surface area contributed by atoms with E-state index in [-0.39, 0.29) is 17.3 Å². The predicted molar refractivity (Wildman–Crippen MR) is 119 cm³/mol. The first-order chi connectivity index (χ1) is 14.4. The van der Waals surface area contributed by atoms with E-state index in [1.54, 1.807) is 29.2 Å². The average Bonchev–Trinajstić information content (AvgIpc) is 3.18. The second-order valence-corrected chi connectivity index (χ2v) is 10.1. The van der Waals surface area contributed by atoms with Crippen LogP contribution in [0.1, 0.15) is 38.2 Å². The first-order valence-electron chi connectivity index (χ1n) is 10.7. The molecule has 0 saturated carbocycles. The highest BCUT2D eigenvalue weighted by Crippen LogP contribution is 2.27. The van der Waals surface area contributed by atoms with Crippen molar-refractivity contribution >= 4 is 27.3 Å². The SMILES string of the molecule is C[C@@H]1CCCN(c2ccccc2CNS(=O)(=O)c2ccc(N3CCCC3=O)cc2)C1. The molecule has 2 aromatic carbocycles. The van der Waals surface area contributed by atoms with Gasteiger partial charge in [0.1, 0.15) is 0 Å². The minimum absolute atomic E-state index is 0.0902. The van der Waals surface area contributed by atoms with Crippen molar-refractivity contribution in [3.8, 4) is 0 Å². The van der Waals surface area contributed by atoms with Crippen LogP contribution in [0.25, 0.3) is 0 Å². The molecular weight excluding hydrogens is 398 g/mol. The number of amides is 1. The topological polar surface area (TPSA) is 69.7 Å². The van der Waals surface area contributed by atoms with E-state index in [1.807, 2.05) is 18.2 Å². The van der Waals surface area contributed by atoms with Crippen LogP contribution in [0.5, 0.6) is 0 Å². The van der Waals surface area contributed by atoms with Gasteiger partial charge in [0.2, 0.25) is 15.9 Å². The zero-order chi connectivity index (χ0) is 21.1. The zero-order valence-electron chi connectivity index (χ0n) is 17.4. The fourth-order valence-corrected chi connectivity index (χ4v) is 5.37. The minimum atomic E-state index is -3.64. The Bertz CT molecular complexity index is 1000. The Balaban J connectivity index is 1.46. The summed E-state index contributed by atoms with van der Waals surface area (Å²) in [5, 5.41) is 0. The van der Waals surface area contributed by atoms with E-state index in [9.17, 15) is 13.2 Å². The molecule has 2 aliphatic rings. The number of hydrogen-bond donors (Lipinski definition) is 1. The number of rotatable bonds is 6. The van der Waals surface area contributed by atoms with Gasteiger partial charge in [0.05, 0.1) is 4.90 Å². The maximum atomic E-state index is 12.8. The summed E-state index contributed by atoms with van der Waals surface area (Å²) in [6, 6.07) is 14.6. The molecule has 1 amide bonds. The maximum Gasteiger partial charge on any atom is 0.240 e. The quantitative estimate of drug-likeness (QED) is 0.766. The van der Waals surface area contributed by atoms with Crippen LogP contribution in [0.2, 0.25) is 0 Å². The van der Waals surface area contributed by atoms with Gasteiger partial charge < -0.3 is 9.80 Å². The molecule has 2 aliphatic heterocycles. The Labute approximate surface area is 178 Å². The van der Waals surface area contributed by atoms with Gasteiger partial charge in [-0.15, -0.1) is 0 Å². The molecule has 0 unspecified atom stereocenters. The second-order valence-electron chi connectivity index (χ2n) is 8.29. The van der Waals surface area contributed by atoms with Crippen molar-refractivity contribution in [3.63, 3.8) is 0 Å². The molecule has 0 radical (unpaired) electrons. The molecule has 0 aliphatic carbocycles. The van der Waals surface area contributed by atoms with E-state index < -0.39 is 10.0 Å². The summed E-state index contributed by atoms with van der Waals surface area (Å²) in [5.41, 5.74) is 2.84. The zero-order valence-corrected chi connectivity index (χ0v) is 18.2. The van der Waals surface area contributed by atoms with E-state index >= 15 is 0 Å². The Kier molecular flexibility index (Phi) is 6.11. The maximum absolute atomic E-state index is 12.8. The molecule has 1 N–H and O–H groups in total. The monoisotopic (exact) mass is 427 g/mol. The van der Waals surface area contributed by atoms with Gasteiger partial charge in [-0.05, 0) is 61.1 Å². The van der Waals surface area contributed by atoms with E-state index in [0.29, 0.717) is 18.9 Å². The van der Waals surface area contributed by atoms with Gasteiger partial charge in [-0.1, -0.05) is 25.1 Å². The summed E-state index contributed by atoms with van der Waals surface area (Å²) in [5.74, 6) is 0.733. The van der Waals surface area contributed by atoms with Gasteiger partial charge in [0, 0.05) is 44.0 Å². The van der Waals surface area contributed by atoms with Gasteiger partial charge >= 0.3 is 0 Å². The van der Waals surface area contributed by atoms with Crippen LogP contribution in [0, 0.1) is 5.92 Å². The molecule has 160 valence electrons. The molecule has 2 saturated heterocycles. The molecule has 2 heterocycles. The molecule has 1 atom stereocenters. The van der Waals surface area contributed by atoms with Crippen LogP contribution < -0.4 is 14.5 Å². The molecule has 0 bridgehead atoms. The average molecular weight is 428 g/mol. The van der Waals surface area contributed by atoms with Crippen LogP contribution in [-0.4, -0.2) is 34.0 Å². The third-order valence-corrected chi connectivity index (χ3v) is 7.39. The lowest BCUT2D eigenvalue weighted by molar-refractivity contribution is -0.117. The molecule has 2 aromatic rings. The molecule has 6 nitrogen and oxygen atoms in total. The van der Waals surface area contributed by atoms with Crippen molar-refractivity contribution in [2.45, 2.75) is 44.0 Å². The van der Waals surface area contributed by atoms with E-state index in [1.165, 1.54) is 6.42 Å². The van der Waals surface area contributed by atoms with Gasteiger partial charge in [0.25, 0.3) is 0 Å². The first kappa shape index (κ1) is 20.9. The Morgan fingerprint density at radius 1 is 1.03 bits per heavy atom. The fourth-order valence-electron chi connectivity index (χ4n) is 4.36. The summed E-state index contributed by atoms with van der Waals surface area (Å²) >= 11 is 0. The second kappa shape index (κ2) is 8.78. The van der Waals surface area contributed by atoms with Gasteiger partial charge in [0.15, 0.2) is 0 Å². The molecule has 30 heavy (non-hydrogen) atoms. The first-order valence-corrected chi connectivity index (χ1v) is 12.2. The minimum Gasteiger partial charge on any atom is -0.371 e. The van der Waals surface area contributed by atoms with E-state index in [0.717, 1.165) is 42.9 Å². The Hall–Kier alpha value is -2.38. The van der Waals surface area contributed by atoms with Crippen LogP contribution in [0.15, 0.2) is 53.4 Å². The number of piperidine rings is 1. The summed E-state index contributed by atoms with van der Waals surface area (Å²) in [4.78, 5) is 16.2. The largest absolute Gasteiger partial charge is 0.371 e. The molecule has 0 aromatic heterocycles. The number of hydrogen-bond acceptors (Lipinski definition) is 4. The lowest BCUT2D eigenvalue weighted by Crippen LogP contribution is -2.35. The molecule has 7 heteroatoms. The van der Waals surface area contributed by atoms with Crippen LogP contribution >= 0.6 is 0 Å². The highest BCUT2D eigenvalue weighted by molar-refractivity contribution is 7.89. The summed E-state index contributed by atoms with van der Waals surface area (Å²) in [6.07, 6.45) is 3.80. The molecule has 2 fully saturated rings. The van der Waals surface area contributed by atoms with Crippen LogP contribution in [0.4, 0.5) is 11.4 Å². The molecule has 0 spiro atoms. The van der Waals surface area contributed by atoms with Crippen LogP contribution in [0.3, 0.4) is 0 Å². The number of sulfonamides is 1. The number of anilines is 2. The highest BCUT2D eigenvalue weighted by atomic mass is 32.2. The van der Waals surface area contributed by atoms with Gasteiger partial charge in [-0.3, -0.25) is 4.79 Å². The van der Waals surface area contributed by atoms with Crippen molar-refractivity contribution in [3.05, 3.63) is 54.1 Å². The van der Waals surface area contributed by atoms with Crippen molar-refractivity contribution in [2.75, 3.05) is 29.4 Å². The van der Waals surface area contributed by atoms with Crippen molar-refractivity contribution in [1.82, 2.24) is 4.72 Å². The summed E-state index contributed by atoms with van der Waals surface area (Å²) < 4.78 is 28.4. The van der Waals surface area contributed by atoms with Crippen molar-refractivity contribution in [2.24, 2.45) is 5.92 Å². The van der Waals surface area contributed by atoms with E-state index in [4.69, 9.17) is 0 Å². The predicted octanol–water partition coefficient (Wildman–Crippen LogP) is 3.53. The lowest BCUT2D eigenvalue weighted by atomic mass is 9.99. The number of para-hydroxylation sites is 1. The van der Waals surface area contributed by atoms with Gasteiger partial charge in [-0.2, -0.15) is 0 Å². The van der Waals surface area contributed by atoms with Gasteiger partial charge in [-0.25, -0.2) is 13.1 Å².